The van der Waals surface area contributed by atoms with Crippen molar-refractivity contribution in [2.24, 2.45) is 0 Å². The normalized spacial score (nSPS) is 21.4. The van der Waals surface area contributed by atoms with Gasteiger partial charge in [0.1, 0.15) is 0 Å². The summed E-state index contributed by atoms with van der Waals surface area (Å²) in [6.45, 7) is 5.80. The van der Waals surface area contributed by atoms with Crippen LogP contribution in [0.2, 0.25) is 0 Å². The maximum Gasteiger partial charge on any atom is 0.234 e. The topological polar surface area (TPSA) is 32.3 Å². The lowest BCUT2D eigenvalue weighted by Gasteiger charge is -2.32. The number of carbonyl (C=O) groups excluding carboxylic acids is 1. The minimum Gasteiger partial charge on any atom is -0.348 e. The van der Waals surface area contributed by atoms with Crippen molar-refractivity contribution in [1.82, 2.24) is 10.2 Å². The molecule has 110 valence electrons. The van der Waals surface area contributed by atoms with Crippen molar-refractivity contribution < 1.29 is 4.79 Å². The second kappa shape index (κ2) is 7.23. The first-order chi connectivity index (χ1) is 9.56. The standard InChI is InChI=1S/C16H23BrN2O/c1-12-5-3-4-10-19(12)11-16(20)18-13(2)14-6-8-15(17)9-7-14/h6-9,12-13H,3-5,10-11H2,1-2H3,(H,18,20)/t12-,13-/m0/s1. The average Bonchev–Trinajstić information content (AvgIpc) is 2.42. The molecule has 1 aliphatic heterocycles. The molecule has 0 spiro atoms. The Kier molecular flexibility index (Phi) is 5.61. The van der Waals surface area contributed by atoms with Gasteiger partial charge >= 0.3 is 0 Å². The molecule has 2 atom stereocenters. The molecule has 1 aromatic rings. The SMILES string of the molecule is C[C@H](NC(=O)CN1CCCC[C@@H]1C)c1ccc(Br)cc1. The van der Waals surface area contributed by atoms with Gasteiger partial charge in [0.05, 0.1) is 12.6 Å². The molecule has 1 amide bonds. The molecule has 3 nitrogen and oxygen atoms in total. The van der Waals surface area contributed by atoms with Crippen molar-refractivity contribution in [3.63, 3.8) is 0 Å². The molecule has 1 aromatic carbocycles. The van der Waals surface area contributed by atoms with Crippen molar-refractivity contribution in [1.29, 1.82) is 0 Å². The number of likely N-dealkylation sites (tertiary alicyclic amines) is 1. The molecule has 0 aromatic heterocycles. The summed E-state index contributed by atoms with van der Waals surface area (Å²) in [7, 11) is 0. The van der Waals surface area contributed by atoms with Crippen LogP contribution in [0.1, 0.15) is 44.7 Å². The van der Waals surface area contributed by atoms with E-state index in [1.54, 1.807) is 0 Å². The van der Waals surface area contributed by atoms with E-state index in [-0.39, 0.29) is 11.9 Å². The highest BCUT2D eigenvalue weighted by Crippen LogP contribution is 2.18. The van der Waals surface area contributed by atoms with Crippen LogP contribution in [0.4, 0.5) is 0 Å². The molecular weight excluding hydrogens is 316 g/mol. The van der Waals surface area contributed by atoms with Gasteiger partial charge in [-0.15, -0.1) is 0 Å². The first kappa shape index (κ1) is 15.5. The molecule has 1 fully saturated rings. The molecule has 0 saturated carbocycles. The summed E-state index contributed by atoms with van der Waals surface area (Å²) in [5.41, 5.74) is 1.13. The quantitative estimate of drug-likeness (QED) is 0.911. The Bertz CT molecular complexity index is 446. The van der Waals surface area contributed by atoms with Gasteiger partial charge in [0, 0.05) is 10.5 Å². The van der Waals surface area contributed by atoms with E-state index in [0.29, 0.717) is 12.6 Å². The van der Waals surface area contributed by atoms with Crippen molar-refractivity contribution in [3.8, 4) is 0 Å². The van der Waals surface area contributed by atoms with Gasteiger partial charge in [-0.3, -0.25) is 9.69 Å². The van der Waals surface area contributed by atoms with Crippen LogP contribution in [0.25, 0.3) is 0 Å². The number of hydrogen-bond acceptors (Lipinski definition) is 2. The third-order valence-corrected chi connectivity index (χ3v) is 4.56. The maximum atomic E-state index is 12.1. The highest BCUT2D eigenvalue weighted by molar-refractivity contribution is 9.10. The summed E-state index contributed by atoms with van der Waals surface area (Å²) in [6.07, 6.45) is 3.70. The lowest BCUT2D eigenvalue weighted by atomic mass is 10.0. The molecule has 0 bridgehead atoms. The molecule has 1 saturated heterocycles. The molecule has 1 heterocycles. The zero-order valence-corrected chi connectivity index (χ0v) is 13.8. The number of halogens is 1. The molecule has 0 unspecified atom stereocenters. The number of nitrogens with zero attached hydrogens (tertiary/aromatic N) is 1. The predicted molar refractivity (Wildman–Crippen MR) is 85.6 cm³/mol. The highest BCUT2D eigenvalue weighted by Gasteiger charge is 2.21. The van der Waals surface area contributed by atoms with Gasteiger partial charge in [-0.25, -0.2) is 0 Å². The smallest absolute Gasteiger partial charge is 0.234 e. The molecule has 20 heavy (non-hydrogen) atoms. The van der Waals surface area contributed by atoms with Gasteiger partial charge in [-0.2, -0.15) is 0 Å². The summed E-state index contributed by atoms with van der Waals surface area (Å²) >= 11 is 3.42. The number of rotatable bonds is 4. The van der Waals surface area contributed by atoms with Crippen LogP contribution in [0.3, 0.4) is 0 Å². The van der Waals surface area contributed by atoms with Crippen molar-refractivity contribution in [2.45, 2.75) is 45.2 Å². The lowest BCUT2D eigenvalue weighted by molar-refractivity contribution is -0.123. The number of nitrogens with one attached hydrogen (secondary N) is 1. The Morgan fingerprint density at radius 3 is 2.75 bits per heavy atom. The first-order valence-electron chi connectivity index (χ1n) is 7.35. The largest absolute Gasteiger partial charge is 0.348 e. The summed E-state index contributed by atoms with van der Waals surface area (Å²) in [5, 5.41) is 3.09. The van der Waals surface area contributed by atoms with Gasteiger partial charge < -0.3 is 5.32 Å². The third-order valence-electron chi connectivity index (χ3n) is 4.03. The zero-order valence-electron chi connectivity index (χ0n) is 12.2. The number of hydrogen-bond donors (Lipinski definition) is 1. The van der Waals surface area contributed by atoms with Crippen LogP contribution in [0.5, 0.6) is 0 Å². The van der Waals surface area contributed by atoms with Crippen LogP contribution >= 0.6 is 15.9 Å². The van der Waals surface area contributed by atoms with E-state index in [1.165, 1.54) is 19.3 Å². The van der Waals surface area contributed by atoms with E-state index < -0.39 is 0 Å². The number of piperidine rings is 1. The van der Waals surface area contributed by atoms with Gasteiger partial charge in [-0.1, -0.05) is 34.5 Å². The average molecular weight is 339 g/mol. The lowest BCUT2D eigenvalue weighted by Crippen LogP contribution is -2.44. The molecule has 1 N–H and O–H groups in total. The molecular formula is C16H23BrN2O. The van der Waals surface area contributed by atoms with Crippen molar-refractivity contribution in [3.05, 3.63) is 34.3 Å². The fourth-order valence-electron chi connectivity index (χ4n) is 2.70. The molecule has 0 aliphatic carbocycles. The van der Waals surface area contributed by atoms with Crippen molar-refractivity contribution >= 4 is 21.8 Å². The summed E-state index contributed by atoms with van der Waals surface area (Å²) in [6, 6.07) is 8.67. The number of carbonyl (C=O) groups is 1. The Hall–Kier alpha value is -0.870. The molecule has 2 rings (SSSR count). The minimum absolute atomic E-state index is 0.0516. The van der Waals surface area contributed by atoms with Crippen LogP contribution in [-0.2, 0) is 4.79 Å². The van der Waals surface area contributed by atoms with Gasteiger partial charge in [-0.05, 0) is 50.9 Å². The second-order valence-corrected chi connectivity index (χ2v) is 6.57. The van der Waals surface area contributed by atoms with E-state index in [2.05, 4.69) is 33.1 Å². The predicted octanol–water partition coefficient (Wildman–Crippen LogP) is 3.50. The fraction of sp³-hybridized carbons (Fsp3) is 0.562. The molecule has 1 aliphatic rings. The molecule has 0 radical (unpaired) electrons. The van der Waals surface area contributed by atoms with E-state index in [9.17, 15) is 4.79 Å². The fourth-order valence-corrected chi connectivity index (χ4v) is 2.96. The minimum atomic E-state index is 0.0516. The Morgan fingerprint density at radius 2 is 2.10 bits per heavy atom. The van der Waals surface area contributed by atoms with Crippen LogP contribution in [-0.4, -0.2) is 29.9 Å². The summed E-state index contributed by atoms with van der Waals surface area (Å²) < 4.78 is 1.06. The Balaban J connectivity index is 1.85. The highest BCUT2D eigenvalue weighted by atomic mass is 79.9. The zero-order chi connectivity index (χ0) is 14.5. The van der Waals surface area contributed by atoms with E-state index >= 15 is 0 Å². The number of amides is 1. The van der Waals surface area contributed by atoms with E-state index in [1.807, 2.05) is 31.2 Å². The van der Waals surface area contributed by atoms with Crippen LogP contribution in [0.15, 0.2) is 28.7 Å². The summed E-state index contributed by atoms with van der Waals surface area (Å²) in [4.78, 5) is 14.4. The number of benzene rings is 1. The third kappa shape index (κ3) is 4.32. The summed E-state index contributed by atoms with van der Waals surface area (Å²) in [5.74, 6) is 0.120. The van der Waals surface area contributed by atoms with E-state index in [4.69, 9.17) is 0 Å². The van der Waals surface area contributed by atoms with Crippen molar-refractivity contribution in [2.75, 3.05) is 13.1 Å². The first-order valence-corrected chi connectivity index (χ1v) is 8.14. The van der Waals surface area contributed by atoms with Gasteiger partial charge in [0.2, 0.25) is 5.91 Å². The van der Waals surface area contributed by atoms with Crippen LogP contribution in [0, 0.1) is 0 Å². The second-order valence-electron chi connectivity index (χ2n) is 5.66. The van der Waals surface area contributed by atoms with Gasteiger partial charge in [0.25, 0.3) is 0 Å². The molecule has 4 heteroatoms. The van der Waals surface area contributed by atoms with Crippen LogP contribution < -0.4 is 5.32 Å². The Labute approximate surface area is 129 Å². The van der Waals surface area contributed by atoms with Gasteiger partial charge in [0.15, 0.2) is 0 Å². The maximum absolute atomic E-state index is 12.1. The van der Waals surface area contributed by atoms with E-state index in [0.717, 1.165) is 16.6 Å². The Morgan fingerprint density at radius 1 is 1.40 bits per heavy atom. The monoisotopic (exact) mass is 338 g/mol.